The van der Waals surface area contributed by atoms with Crippen molar-refractivity contribution in [3.63, 3.8) is 0 Å². The molecular weight excluding hydrogens is 470 g/mol. The Morgan fingerprint density at radius 1 is 1.27 bits per heavy atom. The fourth-order valence-corrected chi connectivity index (χ4v) is 3.99. The van der Waals surface area contributed by atoms with Crippen molar-refractivity contribution >= 4 is 29.0 Å². The number of ether oxygens (including phenoxy) is 2. The molecule has 10 heteroatoms. The summed E-state index contributed by atoms with van der Waals surface area (Å²) < 4.78 is 11.0. The standard InChI is InChI=1S/C27H35N7O3/c1-19(17-37-22-10-8-21(36-4)9-11-22)7-12-23-31-25-26(28-18-29-27(25)32-23)30-20-13-15-34(16-20)24(35)6-5-14-33(2)3/h5-12,18-20H,13-17H2,1-4H3,(H2,28,29,30,31,32)/b6-5?,12-7+. The number of hydrogen-bond acceptors (Lipinski definition) is 8. The van der Waals surface area contributed by atoms with Crippen LogP contribution in [0.4, 0.5) is 5.82 Å². The lowest BCUT2D eigenvalue weighted by atomic mass is 10.2. The van der Waals surface area contributed by atoms with E-state index in [1.807, 2.05) is 66.4 Å². The first-order valence-corrected chi connectivity index (χ1v) is 12.4. The van der Waals surface area contributed by atoms with Gasteiger partial charge in [0.15, 0.2) is 11.5 Å². The molecule has 4 rings (SSSR count). The maximum Gasteiger partial charge on any atom is 0.246 e. The van der Waals surface area contributed by atoms with Crippen LogP contribution < -0.4 is 14.8 Å². The summed E-state index contributed by atoms with van der Waals surface area (Å²) in [6.07, 6.45) is 9.89. The summed E-state index contributed by atoms with van der Waals surface area (Å²) in [5.41, 5.74) is 1.34. The van der Waals surface area contributed by atoms with E-state index in [4.69, 9.17) is 9.47 Å². The van der Waals surface area contributed by atoms with Gasteiger partial charge in [-0.3, -0.25) is 4.79 Å². The van der Waals surface area contributed by atoms with E-state index in [2.05, 4.69) is 32.2 Å². The second-order valence-corrected chi connectivity index (χ2v) is 9.44. The first kappa shape index (κ1) is 26.2. The van der Waals surface area contributed by atoms with Gasteiger partial charge in [0.2, 0.25) is 5.91 Å². The minimum Gasteiger partial charge on any atom is -0.497 e. The third-order valence-corrected chi connectivity index (χ3v) is 6.03. The molecule has 37 heavy (non-hydrogen) atoms. The average molecular weight is 506 g/mol. The molecule has 1 amide bonds. The Morgan fingerprint density at radius 3 is 2.81 bits per heavy atom. The second-order valence-electron chi connectivity index (χ2n) is 9.44. The Bertz CT molecular complexity index is 1240. The summed E-state index contributed by atoms with van der Waals surface area (Å²) in [5.74, 6) is 3.20. The van der Waals surface area contributed by atoms with Gasteiger partial charge >= 0.3 is 0 Å². The molecule has 2 atom stereocenters. The zero-order valence-corrected chi connectivity index (χ0v) is 21.8. The fourth-order valence-electron chi connectivity index (χ4n) is 3.99. The summed E-state index contributed by atoms with van der Waals surface area (Å²) in [5, 5.41) is 3.47. The molecule has 3 aromatic rings. The number of likely N-dealkylation sites (N-methyl/N-ethyl adjacent to an activating group) is 1. The van der Waals surface area contributed by atoms with E-state index < -0.39 is 0 Å². The molecule has 0 spiro atoms. The van der Waals surface area contributed by atoms with E-state index in [0.29, 0.717) is 37.0 Å². The van der Waals surface area contributed by atoms with Crippen LogP contribution in [-0.4, -0.2) is 89.1 Å². The predicted molar refractivity (Wildman–Crippen MR) is 145 cm³/mol. The number of nitrogens with one attached hydrogen (secondary N) is 2. The Kier molecular flexibility index (Phi) is 8.73. The number of nitrogens with zero attached hydrogens (tertiary/aromatic N) is 5. The van der Waals surface area contributed by atoms with Crippen LogP contribution in [-0.2, 0) is 4.79 Å². The van der Waals surface area contributed by atoms with Crippen LogP contribution in [0, 0.1) is 5.92 Å². The molecule has 0 saturated carbocycles. The van der Waals surface area contributed by atoms with Crippen LogP contribution in [0.2, 0.25) is 0 Å². The molecule has 1 aliphatic rings. The van der Waals surface area contributed by atoms with Crippen molar-refractivity contribution in [1.29, 1.82) is 0 Å². The van der Waals surface area contributed by atoms with Crippen LogP contribution in [0.15, 0.2) is 48.8 Å². The molecule has 2 N–H and O–H groups in total. The van der Waals surface area contributed by atoms with Crippen molar-refractivity contribution in [3.05, 3.63) is 54.6 Å². The Hall–Kier alpha value is -3.92. The van der Waals surface area contributed by atoms with E-state index >= 15 is 0 Å². The van der Waals surface area contributed by atoms with Gasteiger partial charge in [-0.15, -0.1) is 0 Å². The molecular formula is C27H35N7O3. The highest BCUT2D eigenvalue weighted by molar-refractivity contribution is 5.88. The van der Waals surface area contributed by atoms with Crippen LogP contribution in [0.3, 0.4) is 0 Å². The summed E-state index contributed by atoms with van der Waals surface area (Å²) in [4.78, 5) is 33.0. The quantitative estimate of drug-likeness (QED) is 0.383. The number of aromatic nitrogens is 4. The number of anilines is 1. The van der Waals surface area contributed by atoms with Crippen LogP contribution in [0.5, 0.6) is 11.5 Å². The average Bonchev–Trinajstić information content (AvgIpc) is 3.54. The summed E-state index contributed by atoms with van der Waals surface area (Å²) in [6, 6.07) is 7.65. The molecule has 2 unspecified atom stereocenters. The number of likely N-dealkylation sites (tertiary alicyclic amines) is 1. The van der Waals surface area contributed by atoms with Crippen molar-refractivity contribution in [2.45, 2.75) is 19.4 Å². The molecule has 0 bridgehead atoms. The predicted octanol–water partition coefficient (Wildman–Crippen LogP) is 3.22. The summed E-state index contributed by atoms with van der Waals surface area (Å²) in [7, 11) is 5.59. The third kappa shape index (κ3) is 7.29. The number of methoxy groups -OCH3 is 1. The van der Waals surface area contributed by atoms with Gasteiger partial charge in [-0.2, -0.15) is 0 Å². The van der Waals surface area contributed by atoms with Gasteiger partial charge in [0, 0.05) is 37.7 Å². The number of fused-ring (bicyclic) bond motifs is 1. The van der Waals surface area contributed by atoms with E-state index in [0.717, 1.165) is 30.0 Å². The van der Waals surface area contributed by atoms with E-state index in [1.54, 1.807) is 13.2 Å². The maximum absolute atomic E-state index is 12.5. The van der Waals surface area contributed by atoms with Gasteiger partial charge in [-0.25, -0.2) is 15.0 Å². The third-order valence-electron chi connectivity index (χ3n) is 6.03. The number of benzene rings is 1. The van der Waals surface area contributed by atoms with Gasteiger partial charge in [0.05, 0.1) is 13.7 Å². The first-order valence-electron chi connectivity index (χ1n) is 12.4. The number of rotatable bonds is 11. The smallest absolute Gasteiger partial charge is 0.246 e. The highest BCUT2D eigenvalue weighted by atomic mass is 16.5. The highest BCUT2D eigenvalue weighted by Crippen LogP contribution is 2.22. The van der Waals surface area contributed by atoms with Crippen LogP contribution in [0.25, 0.3) is 17.2 Å². The number of aromatic amines is 1. The molecule has 1 fully saturated rings. The lowest BCUT2D eigenvalue weighted by Crippen LogP contribution is -2.30. The Labute approximate surface area is 217 Å². The van der Waals surface area contributed by atoms with Gasteiger partial charge in [-0.1, -0.05) is 19.1 Å². The SMILES string of the molecule is COc1ccc(OCC(C)/C=C/c2nc3ncnc(NC4CCN(C(=O)C=CCN(C)C)C4)c3[nH]2)cc1. The zero-order chi connectivity index (χ0) is 26.2. The Morgan fingerprint density at radius 2 is 2.05 bits per heavy atom. The molecule has 1 aliphatic heterocycles. The second kappa shape index (κ2) is 12.4. The normalized spacial score (nSPS) is 16.8. The molecule has 2 aromatic heterocycles. The van der Waals surface area contributed by atoms with Crippen molar-refractivity contribution in [2.24, 2.45) is 5.92 Å². The van der Waals surface area contributed by atoms with Crippen molar-refractivity contribution in [1.82, 2.24) is 29.7 Å². The summed E-state index contributed by atoms with van der Waals surface area (Å²) in [6.45, 7) is 4.70. The number of H-pyrrole nitrogens is 1. The van der Waals surface area contributed by atoms with E-state index in [-0.39, 0.29) is 17.9 Å². The number of hydrogen-bond donors (Lipinski definition) is 2. The maximum atomic E-state index is 12.5. The lowest BCUT2D eigenvalue weighted by molar-refractivity contribution is -0.125. The molecule has 0 radical (unpaired) electrons. The molecule has 196 valence electrons. The molecule has 3 heterocycles. The van der Waals surface area contributed by atoms with Crippen molar-refractivity contribution in [2.75, 3.05) is 52.8 Å². The van der Waals surface area contributed by atoms with E-state index in [9.17, 15) is 4.79 Å². The van der Waals surface area contributed by atoms with Gasteiger partial charge < -0.3 is 29.6 Å². The monoisotopic (exact) mass is 505 g/mol. The highest BCUT2D eigenvalue weighted by Gasteiger charge is 2.26. The van der Waals surface area contributed by atoms with Gasteiger partial charge in [-0.05, 0) is 50.9 Å². The largest absolute Gasteiger partial charge is 0.497 e. The van der Waals surface area contributed by atoms with E-state index in [1.165, 1.54) is 6.33 Å². The Balaban J connectivity index is 1.33. The molecule has 1 aromatic carbocycles. The number of carbonyl (C=O) groups is 1. The topological polar surface area (TPSA) is 108 Å². The van der Waals surface area contributed by atoms with Gasteiger partial charge in [0.25, 0.3) is 0 Å². The lowest BCUT2D eigenvalue weighted by Gasteiger charge is -2.16. The van der Waals surface area contributed by atoms with Crippen molar-refractivity contribution < 1.29 is 14.3 Å². The molecule has 0 aliphatic carbocycles. The number of imidazole rings is 1. The zero-order valence-electron chi connectivity index (χ0n) is 21.8. The fraction of sp³-hybridized carbons (Fsp3) is 0.407. The number of carbonyl (C=O) groups excluding carboxylic acids is 1. The van der Waals surface area contributed by atoms with Crippen LogP contribution >= 0.6 is 0 Å². The summed E-state index contributed by atoms with van der Waals surface area (Å²) >= 11 is 0. The number of amides is 1. The minimum atomic E-state index is 0.0399. The van der Waals surface area contributed by atoms with Crippen LogP contribution in [0.1, 0.15) is 19.2 Å². The van der Waals surface area contributed by atoms with Crippen molar-refractivity contribution in [3.8, 4) is 11.5 Å². The minimum absolute atomic E-state index is 0.0399. The molecule has 10 nitrogen and oxygen atoms in total. The molecule has 1 saturated heterocycles. The van der Waals surface area contributed by atoms with Gasteiger partial charge in [0.1, 0.15) is 29.2 Å². The first-order chi connectivity index (χ1) is 17.9.